The molecule has 2 saturated heterocycles. The fraction of sp³-hybridized carbons (Fsp3) is 0.600. The predicted molar refractivity (Wildman–Crippen MR) is 98.7 cm³/mol. The van der Waals surface area contributed by atoms with Gasteiger partial charge in [0.25, 0.3) is 0 Å². The molecule has 1 atom stereocenters. The van der Waals surface area contributed by atoms with Crippen molar-refractivity contribution in [2.45, 2.75) is 51.0 Å². The van der Waals surface area contributed by atoms with Gasteiger partial charge >= 0.3 is 0 Å². The van der Waals surface area contributed by atoms with Crippen molar-refractivity contribution in [1.29, 1.82) is 0 Å². The lowest BCUT2D eigenvalue weighted by atomic mass is 9.96. The first-order chi connectivity index (χ1) is 12.3. The molecule has 1 unspecified atom stereocenters. The molecular weight excluding hydrogens is 312 g/mol. The summed E-state index contributed by atoms with van der Waals surface area (Å²) in [5, 5.41) is 3.47. The van der Waals surface area contributed by atoms with Gasteiger partial charge in [-0.2, -0.15) is 0 Å². The summed E-state index contributed by atoms with van der Waals surface area (Å²) in [6.07, 6.45) is 9.16. The number of hydrogen-bond acceptors (Lipinski definition) is 3. The Hall–Kier alpha value is -1.88. The van der Waals surface area contributed by atoms with Crippen LogP contribution in [0.5, 0.6) is 0 Å². The molecule has 134 valence electrons. The number of carbonyl (C=O) groups excluding carboxylic acids is 1. The van der Waals surface area contributed by atoms with Crippen molar-refractivity contribution in [1.82, 2.24) is 19.8 Å². The Morgan fingerprint density at radius 2 is 2.04 bits per heavy atom. The van der Waals surface area contributed by atoms with Gasteiger partial charge in [0.05, 0.1) is 0 Å². The Morgan fingerprint density at radius 1 is 1.20 bits per heavy atom. The number of nitrogens with zero attached hydrogens (tertiary/aromatic N) is 3. The van der Waals surface area contributed by atoms with Crippen LogP contribution < -0.4 is 5.32 Å². The normalized spacial score (nSPS) is 22.1. The van der Waals surface area contributed by atoms with Crippen molar-refractivity contribution < 1.29 is 4.79 Å². The highest BCUT2D eigenvalue weighted by molar-refractivity contribution is 5.77. The molecule has 0 aliphatic carbocycles. The summed E-state index contributed by atoms with van der Waals surface area (Å²) in [5.41, 5.74) is 2.32. The fourth-order valence-electron chi connectivity index (χ4n) is 4.12. The molecule has 0 aromatic rings. The van der Waals surface area contributed by atoms with E-state index >= 15 is 0 Å². The van der Waals surface area contributed by atoms with E-state index in [1.165, 1.54) is 31.4 Å². The molecule has 2 fully saturated rings. The molecule has 4 heterocycles. The summed E-state index contributed by atoms with van der Waals surface area (Å²) < 4.78 is 2.03. The Balaban J connectivity index is 1.53. The maximum absolute atomic E-state index is 12.7. The van der Waals surface area contributed by atoms with Crippen LogP contribution >= 0.6 is 0 Å². The Bertz CT molecular complexity index is 681. The summed E-state index contributed by atoms with van der Waals surface area (Å²) in [5.74, 6) is 1.67. The molecule has 1 N–H and O–H groups in total. The number of likely N-dealkylation sites (tertiary alicyclic amines) is 1. The van der Waals surface area contributed by atoms with Crippen LogP contribution in [0.15, 0.2) is 24.4 Å². The van der Waals surface area contributed by atoms with E-state index < -0.39 is 0 Å². The molecule has 5 heteroatoms. The monoisotopic (exact) mass is 340 g/mol. The number of rotatable bonds is 3. The Labute approximate surface area is 149 Å². The van der Waals surface area contributed by atoms with E-state index in [1.807, 2.05) is 21.7 Å². The number of pyridine rings is 1. The zero-order valence-electron chi connectivity index (χ0n) is 14.9. The lowest BCUT2D eigenvalue weighted by Crippen LogP contribution is -2.34. The van der Waals surface area contributed by atoms with Gasteiger partial charge in [-0.15, -0.1) is 0 Å². The molecule has 1 amide bonds. The number of nitrogens with one attached hydrogen (secondary N) is 1. The Morgan fingerprint density at radius 3 is 2.80 bits per heavy atom. The molecule has 25 heavy (non-hydrogen) atoms. The number of amides is 1. The van der Waals surface area contributed by atoms with E-state index in [0.717, 1.165) is 50.4 Å². The van der Waals surface area contributed by atoms with E-state index in [2.05, 4.69) is 17.4 Å². The number of fused-ring (bicyclic) bond motifs is 1. The van der Waals surface area contributed by atoms with Crippen LogP contribution in [0.1, 0.15) is 50.1 Å². The first-order valence-electron chi connectivity index (χ1n) is 9.75. The minimum Gasteiger partial charge on any atom is -0.341 e. The number of piperidine rings is 1. The smallest absolute Gasteiger partial charge is 0.242 e. The molecule has 0 spiro atoms. The fourth-order valence-corrected chi connectivity index (χ4v) is 4.12. The van der Waals surface area contributed by atoms with Gasteiger partial charge in [0.2, 0.25) is 5.91 Å². The summed E-state index contributed by atoms with van der Waals surface area (Å²) in [6, 6.07) is 6.34. The first-order valence-corrected chi connectivity index (χ1v) is 9.75. The van der Waals surface area contributed by atoms with Crippen molar-refractivity contribution in [3.63, 3.8) is 0 Å². The molecule has 0 aromatic heterocycles. The SMILES string of the molecule is O=C(Cn1cccc2cc(C3CCCNC3)nc1-2)N1CCCCCC1. The van der Waals surface area contributed by atoms with Gasteiger partial charge in [-0.3, -0.25) is 4.79 Å². The van der Waals surface area contributed by atoms with Crippen LogP contribution in [0, 0.1) is 0 Å². The van der Waals surface area contributed by atoms with E-state index in [1.54, 1.807) is 0 Å². The van der Waals surface area contributed by atoms with Crippen LogP contribution in [0.2, 0.25) is 0 Å². The number of aromatic nitrogens is 2. The molecule has 0 bridgehead atoms. The van der Waals surface area contributed by atoms with Gasteiger partial charge in [-0.1, -0.05) is 12.8 Å². The lowest BCUT2D eigenvalue weighted by Gasteiger charge is -2.22. The highest BCUT2D eigenvalue weighted by Crippen LogP contribution is 2.29. The highest BCUT2D eigenvalue weighted by atomic mass is 16.2. The van der Waals surface area contributed by atoms with Gasteiger partial charge in [0.1, 0.15) is 12.4 Å². The van der Waals surface area contributed by atoms with Crippen LogP contribution in [0.4, 0.5) is 0 Å². The zero-order chi connectivity index (χ0) is 17.1. The Kier molecular flexibility index (Phi) is 5.02. The second kappa shape index (κ2) is 7.56. The lowest BCUT2D eigenvalue weighted by molar-refractivity contribution is -0.131. The van der Waals surface area contributed by atoms with Crippen LogP contribution in [0.25, 0.3) is 11.4 Å². The summed E-state index contributed by atoms with van der Waals surface area (Å²) >= 11 is 0. The second-order valence-electron chi connectivity index (χ2n) is 7.43. The average molecular weight is 340 g/mol. The zero-order valence-corrected chi connectivity index (χ0v) is 14.9. The largest absolute Gasteiger partial charge is 0.341 e. The molecule has 4 rings (SSSR count). The third kappa shape index (κ3) is 3.71. The minimum atomic E-state index is 0.225. The summed E-state index contributed by atoms with van der Waals surface area (Å²) in [4.78, 5) is 19.7. The van der Waals surface area contributed by atoms with Gasteiger partial charge in [0, 0.05) is 43.0 Å². The quantitative estimate of drug-likeness (QED) is 0.935. The highest BCUT2D eigenvalue weighted by Gasteiger charge is 2.22. The molecular formula is C20H28N4O. The van der Waals surface area contributed by atoms with Crippen LogP contribution in [0.3, 0.4) is 0 Å². The van der Waals surface area contributed by atoms with Crippen LogP contribution in [-0.4, -0.2) is 46.5 Å². The van der Waals surface area contributed by atoms with Crippen molar-refractivity contribution in [3.05, 3.63) is 30.1 Å². The van der Waals surface area contributed by atoms with E-state index in [4.69, 9.17) is 4.98 Å². The van der Waals surface area contributed by atoms with E-state index in [9.17, 15) is 4.79 Å². The minimum absolute atomic E-state index is 0.225. The van der Waals surface area contributed by atoms with Gasteiger partial charge in [-0.05, 0) is 50.4 Å². The van der Waals surface area contributed by atoms with Gasteiger partial charge < -0.3 is 14.8 Å². The molecule has 4 aliphatic heterocycles. The number of hydrogen-bond donors (Lipinski definition) is 1. The first kappa shape index (κ1) is 16.6. The van der Waals surface area contributed by atoms with E-state index in [0.29, 0.717) is 12.5 Å². The summed E-state index contributed by atoms with van der Waals surface area (Å²) in [7, 11) is 0. The molecule has 0 radical (unpaired) electrons. The average Bonchev–Trinajstić information content (AvgIpc) is 2.90. The molecule has 0 aromatic carbocycles. The third-order valence-electron chi connectivity index (χ3n) is 5.59. The number of carbonyl (C=O) groups is 1. The standard InChI is InChI=1S/C20H28N4O/c25-19(23-10-3-1-2-4-11-23)15-24-12-6-8-16-13-18(22-20(16)24)17-7-5-9-21-14-17/h6,8,12-13,17,21H,1-5,7,9-11,14-15H2. The van der Waals surface area contributed by atoms with Gasteiger partial charge in [-0.25, -0.2) is 4.98 Å². The van der Waals surface area contributed by atoms with Crippen molar-refractivity contribution in [2.24, 2.45) is 0 Å². The van der Waals surface area contributed by atoms with Crippen molar-refractivity contribution >= 4 is 5.91 Å². The summed E-state index contributed by atoms with van der Waals surface area (Å²) in [6.45, 7) is 4.33. The second-order valence-corrected chi connectivity index (χ2v) is 7.43. The van der Waals surface area contributed by atoms with Crippen molar-refractivity contribution in [3.8, 4) is 11.4 Å². The molecule has 5 nitrogen and oxygen atoms in total. The van der Waals surface area contributed by atoms with Crippen molar-refractivity contribution in [2.75, 3.05) is 26.2 Å². The maximum Gasteiger partial charge on any atom is 0.242 e. The predicted octanol–water partition coefficient (Wildman–Crippen LogP) is 2.86. The van der Waals surface area contributed by atoms with Crippen LogP contribution in [-0.2, 0) is 11.3 Å². The molecule has 0 saturated carbocycles. The third-order valence-corrected chi connectivity index (χ3v) is 5.59. The van der Waals surface area contributed by atoms with E-state index in [-0.39, 0.29) is 5.91 Å². The maximum atomic E-state index is 12.7. The van der Waals surface area contributed by atoms with Gasteiger partial charge in [0.15, 0.2) is 0 Å². The topological polar surface area (TPSA) is 50.2 Å². The molecule has 4 aliphatic rings.